The van der Waals surface area contributed by atoms with E-state index in [1.807, 2.05) is 31.4 Å². The highest BCUT2D eigenvalue weighted by molar-refractivity contribution is 7.98. The number of hydrogen-bond donors (Lipinski definition) is 1. The molecule has 0 fully saturated rings. The fourth-order valence-electron chi connectivity index (χ4n) is 3.91. The minimum atomic E-state index is -0.281. The molecule has 1 atom stereocenters. The highest BCUT2D eigenvalue weighted by atomic mass is 32.2. The quantitative estimate of drug-likeness (QED) is 0.701. The van der Waals surface area contributed by atoms with Crippen molar-refractivity contribution in [2.24, 2.45) is 0 Å². The molecule has 6 nitrogen and oxygen atoms in total. The van der Waals surface area contributed by atoms with Gasteiger partial charge in [0.15, 0.2) is 16.9 Å². The minimum absolute atomic E-state index is 0.0527. The maximum atomic E-state index is 12.8. The molecule has 1 N–H and O–H groups in total. The van der Waals surface area contributed by atoms with E-state index in [1.165, 1.54) is 11.8 Å². The molecule has 0 bridgehead atoms. The number of carbonyl (C=O) groups is 1. The summed E-state index contributed by atoms with van der Waals surface area (Å²) in [7, 11) is 4.75. The summed E-state index contributed by atoms with van der Waals surface area (Å²) in [6, 6.07) is 7.08. The fraction of sp³-hybridized carbons (Fsp3) is 0.391. The van der Waals surface area contributed by atoms with Gasteiger partial charge in [-0.05, 0) is 54.0 Å². The van der Waals surface area contributed by atoms with E-state index in [0.29, 0.717) is 41.4 Å². The Morgan fingerprint density at radius 2 is 1.87 bits per heavy atom. The zero-order valence-electron chi connectivity index (χ0n) is 18.0. The Hall–Kier alpha value is -2.67. The third kappa shape index (κ3) is 3.99. The van der Waals surface area contributed by atoms with Gasteiger partial charge in [0, 0.05) is 12.0 Å². The van der Waals surface area contributed by atoms with Crippen LogP contribution in [0, 0.1) is 0 Å². The number of fused-ring (bicyclic) bond motifs is 3. The Balaban J connectivity index is 2.38. The third-order valence-electron chi connectivity index (χ3n) is 5.38. The van der Waals surface area contributed by atoms with E-state index in [2.05, 4.69) is 5.32 Å². The molecular formula is C23H27NO5S. The molecule has 0 saturated heterocycles. The molecule has 30 heavy (non-hydrogen) atoms. The van der Waals surface area contributed by atoms with Gasteiger partial charge >= 0.3 is 0 Å². The van der Waals surface area contributed by atoms with Crippen molar-refractivity contribution in [3.05, 3.63) is 45.6 Å². The number of methoxy groups -OCH3 is 3. The summed E-state index contributed by atoms with van der Waals surface area (Å²) in [5.41, 5.74) is 3.44. The Labute approximate surface area is 180 Å². The van der Waals surface area contributed by atoms with Crippen LogP contribution in [-0.2, 0) is 11.2 Å². The normalized spacial score (nSPS) is 14.8. The lowest BCUT2D eigenvalue weighted by molar-refractivity contribution is -0.121. The number of rotatable bonds is 6. The summed E-state index contributed by atoms with van der Waals surface area (Å²) in [6.07, 6.45) is 3.59. The fourth-order valence-corrected chi connectivity index (χ4v) is 4.38. The first-order valence-corrected chi connectivity index (χ1v) is 11.0. The van der Waals surface area contributed by atoms with Gasteiger partial charge in [-0.2, -0.15) is 0 Å². The molecule has 0 spiro atoms. The van der Waals surface area contributed by atoms with Gasteiger partial charge in [0.1, 0.15) is 0 Å². The lowest BCUT2D eigenvalue weighted by atomic mass is 9.95. The van der Waals surface area contributed by atoms with Crippen LogP contribution in [0.5, 0.6) is 17.2 Å². The summed E-state index contributed by atoms with van der Waals surface area (Å²) in [5.74, 6) is 1.59. The van der Waals surface area contributed by atoms with Gasteiger partial charge in [-0.3, -0.25) is 9.59 Å². The van der Waals surface area contributed by atoms with Crippen molar-refractivity contribution < 1.29 is 19.0 Å². The topological polar surface area (TPSA) is 73.9 Å². The van der Waals surface area contributed by atoms with Crippen LogP contribution in [0.15, 0.2) is 34.0 Å². The van der Waals surface area contributed by atoms with E-state index in [4.69, 9.17) is 14.2 Å². The van der Waals surface area contributed by atoms with Crippen molar-refractivity contribution in [2.75, 3.05) is 27.6 Å². The van der Waals surface area contributed by atoms with E-state index >= 15 is 0 Å². The van der Waals surface area contributed by atoms with Crippen LogP contribution in [0.1, 0.15) is 36.9 Å². The minimum Gasteiger partial charge on any atom is -0.493 e. The first-order chi connectivity index (χ1) is 14.5. The van der Waals surface area contributed by atoms with Crippen LogP contribution >= 0.6 is 11.8 Å². The maximum absolute atomic E-state index is 12.8. The summed E-state index contributed by atoms with van der Waals surface area (Å²) in [5, 5.41) is 3.08. The Kier molecular flexibility index (Phi) is 6.92. The monoisotopic (exact) mass is 429 g/mol. The third-order valence-corrected chi connectivity index (χ3v) is 6.15. The molecule has 0 unspecified atom stereocenters. The van der Waals surface area contributed by atoms with Gasteiger partial charge in [0.05, 0.1) is 32.3 Å². The predicted octanol–water partition coefficient (Wildman–Crippen LogP) is 3.98. The number of nitrogens with one attached hydrogen (secondary N) is 1. The van der Waals surface area contributed by atoms with Gasteiger partial charge in [-0.1, -0.05) is 13.0 Å². The number of benzene rings is 1. The predicted molar refractivity (Wildman–Crippen MR) is 119 cm³/mol. The number of ether oxygens (including phenoxy) is 3. The number of amides is 1. The van der Waals surface area contributed by atoms with Crippen molar-refractivity contribution in [3.63, 3.8) is 0 Å². The molecule has 0 aromatic heterocycles. The van der Waals surface area contributed by atoms with Gasteiger partial charge in [0.2, 0.25) is 11.7 Å². The molecule has 160 valence electrons. The standard InChI is InChI=1S/C23H27NO5S/c1-6-20(26)24-16-9-7-13-11-18(27-2)22(28-3)23(29-4)21(13)14-8-10-19(30-5)17(25)12-15(14)16/h8,10-12,16H,6-7,9H2,1-5H3,(H,24,26)/t16-/m0/s1. The van der Waals surface area contributed by atoms with E-state index in [1.54, 1.807) is 27.4 Å². The van der Waals surface area contributed by atoms with Crippen LogP contribution in [-0.4, -0.2) is 33.5 Å². The molecule has 1 aliphatic carbocycles. The van der Waals surface area contributed by atoms with E-state index in [0.717, 1.165) is 22.3 Å². The van der Waals surface area contributed by atoms with Crippen LogP contribution in [0.4, 0.5) is 0 Å². The summed E-state index contributed by atoms with van der Waals surface area (Å²) < 4.78 is 16.9. The highest BCUT2D eigenvalue weighted by Gasteiger charge is 2.29. The van der Waals surface area contributed by atoms with Crippen molar-refractivity contribution in [3.8, 4) is 28.4 Å². The average Bonchev–Trinajstić information content (AvgIpc) is 3.00. The lowest BCUT2D eigenvalue weighted by Gasteiger charge is -2.20. The lowest BCUT2D eigenvalue weighted by Crippen LogP contribution is -2.28. The average molecular weight is 430 g/mol. The maximum Gasteiger partial charge on any atom is 0.220 e. The molecule has 0 radical (unpaired) electrons. The van der Waals surface area contributed by atoms with E-state index in [9.17, 15) is 9.59 Å². The second-order valence-corrected chi connectivity index (χ2v) is 7.82. The first-order valence-electron chi connectivity index (χ1n) is 9.82. The molecule has 3 rings (SSSR count). The molecular weight excluding hydrogens is 402 g/mol. The zero-order chi connectivity index (χ0) is 21.8. The van der Waals surface area contributed by atoms with Crippen LogP contribution < -0.4 is 25.0 Å². The smallest absolute Gasteiger partial charge is 0.220 e. The van der Waals surface area contributed by atoms with E-state index < -0.39 is 0 Å². The molecule has 0 saturated carbocycles. The number of aryl methyl sites for hydroxylation is 1. The zero-order valence-corrected chi connectivity index (χ0v) is 18.8. The van der Waals surface area contributed by atoms with Gasteiger partial charge in [0.25, 0.3) is 0 Å². The van der Waals surface area contributed by atoms with Crippen molar-refractivity contribution in [2.45, 2.75) is 37.1 Å². The van der Waals surface area contributed by atoms with E-state index in [-0.39, 0.29) is 17.4 Å². The Morgan fingerprint density at radius 3 is 2.47 bits per heavy atom. The van der Waals surface area contributed by atoms with Crippen LogP contribution in [0.3, 0.4) is 0 Å². The molecule has 7 heteroatoms. The molecule has 1 amide bonds. The van der Waals surface area contributed by atoms with Gasteiger partial charge < -0.3 is 19.5 Å². The molecule has 2 aromatic rings. The van der Waals surface area contributed by atoms with Crippen molar-refractivity contribution in [1.29, 1.82) is 0 Å². The SMILES string of the molecule is CCC(=O)N[C@H]1CCc2cc(OC)c(OC)c(OC)c2-c2ccc(SC)c(=O)cc21. The molecule has 2 aromatic carbocycles. The van der Waals surface area contributed by atoms with Crippen molar-refractivity contribution >= 4 is 17.7 Å². The van der Waals surface area contributed by atoms with Crippen molar-refractivity contribution in [1.82, 2.24) is 5.32 Å². The Bertz CT molecular complexity index is 1020. The molecule has 1 aliphatic rings. The largest absolute Gasteiger partial charge is 0.493 e. The summed E-state index contributed by atoms with van der Waals surface area (Å²) in [6.45, 7) is 1.82. The summed E-state index contributed by atoms with van der Waals surface area (Å²) >= 11 is 1.40. The Morgan fingerprint density at radius 1 is 1.13 bits per heavy atom. The highest BCUT2D eigenvalue weighted by Crippen LogP contribution is 2.50. The number of carbonyl (C=O) groups excluding carboxylic acids is 1. The van der Waals surface area contributed by atoms with Gasteiger partial charge in [-0.25, -0.2) is 0 Å². The van der Waals surface area contributed by atoms with Gasteiger partial charge in [-0.15, -0.1) is 11.8 Å². The number of thioether (sulfide) groups is 1. The first kappa shape index (κ1) is 22.0. The second-order valence-electron chi connectivity index (χ2n) is 6.97. The molecule has 0 heterocycles. The van der Waals surface area contributed by atoms with Crippen LogP contribution in [0.2, 0.25) is 0 Å². The molecule has 0 aliphatic heterocycles. The second kappa shape index (κ2) is 9.43. The van der Waals surface area contributed by atoms with Crippen LogP contribution in [0.25, 0.3) is 11.1 Å². The summed E-state index contributed by atoms with van der Waals surface area (Å²) in [4.78, 5) is 25.7. The number of hydrogen-bond acceptors (Lipinski definition) is 6.